The molecule has 1 atom stereocenters. The smallest absolute Gasteiger partial charge is 0.353 e. The molecule has 3 N–H and O–H groups in total. The first-order valence-corrected chi connectivity index (χ1v) is 7.40. The summed E-state index contributed by atoms with van der Waals surface area (Å²) in [4.78, 5) is 13.2. The number of halogens is 4. The van der Waals surface area contributed by atoms with Gasteiger partial charge in [0.05, 0.1) is 6.54 Å². The lowest BCUT2D eigenvalue weighted by Crippen LogP contribution is -2.50. The number of rotatable bonds is 6. The second-order valence-corrected chi connectivity index (χ2v) is 6.23. The van der Waals surface area contributed by atoms with Gasteiger partial charge in [-0.2, -0.15) is 13.2 Å². The molecular weight excluding hydrogens is 363 g/mol. The quantitative estimate of drug-likeness (QED) is 0.794. The van der Waals surface area contributed by atoms with Gasteiger partial charge in [-0.3, -0.25) is 9.69 Å². The topological polar surface area (TPSA) is 58.4 Å². The predicted octanol–water partition coefficient (Wildman–Crippen LogP) is 2.23. The summed E-state index contributed by atoms with van der Waals surface area (Å²) in [7, 11) is 1.34. The highest BCUT2D eigenvalue weighted by Gasteiger charge is 2.31. The lowest BCUT2D eigenvalue weighted by atomic mass is 9.92. The minimum atomic E-state index is -4.25. The molecule has 22 heavy (non-hydrogen) atoms. The largest absolute Gasteiger partial charge is 0.401 e. The maximum absolute atomic E-state index is 12.2. The Labute approximate surface area is 136 Å². The van der Waals surface area contributed by atoms with Crippen LogP contribution in [0.2, 0.25) is 0 Å². The molecule has 0 aliphatic rings. The Morgan fingerprint density at radius 2 is 1.86 bits per heavy atom. The average Bonchev–Trinajstić information content (AvgIpc) is 2.36. The van der Waals surface area contributed by atoms with E-state index in [1.807, 2.05) is 0 Å². The van der Waals surface area contributed by atoms with Crippen molar-refractivity contribution in [2.45, 2.75) is 18.6 Å². The zero-order chi connectivity index (χ0) is 17.0. The molecule has 0 saturated carbocycles. The van der Waals surface area contributed by atoms with E-state index in [9.17, 15) is 18.0 Å². The van der Waals surface area contributed by atoms with E-state index in [0.29, 0.717) is 5.56 Å². The van der Waals surface area contributed by atoms with E-state index in [2.05, 4.69) is 21.2 Å². The van der Waals surface area contributed by atoms with Crippen molar-refractivity contribution in [1.29, 1.82) is 0 Å². The van der Waals surface area contributed by atoms with E-state index in [4.69, 9.17) is 5.73 Å². The summed E-state index contributed by atoms with van der Waals surface area (Å²) in [5.41, 5.74) is 5.40. The van der Waals surface area contributed by atoms with Crippen LogP contribution in [0, 0.1) is 0 Å². The van der Waals surface area contributed by atoms with Gasteiger partial charge in [0.2, 0.25) is 5.91 Å². The molecule has 1 aromatic rings. The van der Waals surface area contributed by atoms with Crippen LogP contribution in [-0.2, 0) is 10.3 Å². The van der Waals surface area contributed by atoms with Gasteiger partial charge >= 0.3 is 6.18 Å². The first-order chi connectivity index (χ1) is 10.0. The fraction of sp³-hybridized carbons (Fsp3) is 0.500. The Kier molecular flexibility index (Phi) is 6.39. The number of carbonyl (C=O) groups is 1. The van der Waals surface area contributed by atoms with E-state index in [1.54, 1.807) is 31.2 Å². The van der Waals surface area contributed by atoms with Crippen LogP contribution in [0.3, 0.4) is 0 Å². The van der Waals surface area contributed by atoms with Gasteiger partial charge in [0, 0.05) is 17.6 Å². The molecule has 0 spiro atoms. The van der Waals surface area contributed by atoms with Gasteiger partial charge in [-0.25, -0.2) is 0 Å². The van der Waals surface area contributed by atoms with Gasteiger partial charge in [0.1, 0.15) is 5.54 Å². The Morgan fingerprint density at radius 1 is 1.32 bits per heavy atom. The second kappa shape index (κ2) is 7.43. The number of carbonyl (C=O) groups excluding carboxylic acids is 1. The van der Waals surface area contributed by atoms with Crippen molar-refractivity contribution in [3.8, 4) is 0 Å². The van der Waals surface area contributed by atoms with E-state index in [0.717, 1.165) is 9.37 Å². The Bertz CT molecular complexity index is 503. The summed E-state index contributed by atoms with van der Waals surface area (Å²) >= 11 is 3.29. The lowest BCUT2D eigenvalue weighted by Gasteiger charge is -2.25. The molecular formula is C14H19BrF3N3O. The van der Waals surface area contributed by atoms with Crippen molar-refractivity contribution in [3.05, 3.63) is 34.3 Å². The van der Waals surface area contributed by atoms with Crippen LogP contribution >= 0.6 is 15.9 Å². The number of hydrogen-bond donors (Lipinski definition) is 2. The molecule has 0 aromatic heterocycles. The fourth-order valence-corrected chi connectivity index (χ4v) is 2.12. The molecule has 0 radical (unpaired) electrons. The number of nitrogens with zero attached hydrogens (tertiary/aromatic N) is 1. The highest BCUT2D eigenvalue weighted by atomic mass is 79.9. The summed E-state index contributed by atoms with van der Waals surface area (Å²) in [5, 5.41) is 2.57. The van der Waals surface area contributed by atoms with Crippen molar-refractivity contribution in [2.24, 2.45) is 5.73 Å². The van der Waals surface area contributed by atoms with Crippen LogP contribution in [0.5, 0.6) is 0 Å². The molecule has 1 rings (SSSR count). The number of nitrogens with one attached hydrogen (secondary N) is 1. The van der Waals surface area contributed by atoms with E-state index in [1.165, 1.54) is 7.05 Å². The minimum absolute atomic E-state index is 0.0850. The summed E-state index contributed by atoms with van der Waals surface area (Å²) in [6.45, 7) is 0.719. The second-order valence-electron chi connectivity index (χ2n) is 5.32. The number of alkyl halides is 3. The van der Waals surface area contributed by atoms with Gasteiger partial charge in [-0.15, -0.1) is 0 Å². The predicted molar refractivity (Wildman–Crippen MR) is 82.2 cm³/mol. The first-order valence-electron chi connectivity index (χ1n) is 6.61. The Morgan fingerprint density at radius 3 is 2.36 bits per heavy atom. The monoisotopic (exact) mass is 381 g/mol. The molecule has 1 unspecified atom stereocenters. The molecule has 0 heterocycles. The number of hydrogen-bond acceptors (Lipinski definition) is 3. The van der Waals surface area contributed by atoms with Crippen LogP contribution in [-0.4, -0.2) is 43.7 Å². The standard InChI is InChI=1S/C14H19BrF3N3O/c1-13(19,10-3-5-11(15)6-4-10)12(22)20-7-8-21(2)9-14(16,17)18/h3-6H,7-9,19H2,1-2H3,(H,20,22). The maximum atomic E-state index is 12.2. The third-order valence-corrected chi connectivity index (χ3v) is 3.67. The summed E-state index contributed by atoms with van der Waals surface area (Å²) in [6.07, 6.45) is -4.25. The number of likely N-dealkylation sites (N-methyl/N-ethyl adjacent to an activating group) is 1. The van der Waals surface area contributed by atoms with Crippen molar-refractivity contribution in [1.82, 2.24) is 10.2 Å². The van der Waals surface area contributed by atoms with Crippen molar-refractivity contribution in [3.63, 3.8) is 0 Å². The fourth-order valence-electron chi connectivity index (χ4n) is 1.86. The van der Waals surface area contributed by atoms with Crippen LogP contribution < -0.4 is 11.1 Å². The van der Waals surface area contributed by atoms with E-state index in [-0.39, 0.29) is 13.1 Å². The van der Waals surface area contributed by atoms with Crippen LogP contribution in [0.4, 0.5) is 13.2 Å². The molecule has 0 fully saturated rings. The zero-order valence-corrected chi connectivity index (χ0v) is 14.0. The van der Waals surface area contributed by atoms with Gasteiger partial charge in [0.25, 0.3) is 0 Å². The molecule has 0 bridgehead atoms. The molecule has 1 aromatic carbocycles. The van der Waals surface area contributed by atoms with E-state index >= 15 is 0 Å². The van der Waals surface area contributed by atoms with Gasteiger partial charge in [-0.1, -0.05) is 28.1 Å². The summed E-state index contributed by atoms with van der Waals surface area (Å²) in [6, 6.07) is 6.98. The molecule has 0 aliphatic carbocycles. The molecule has 8 heteroatoms. The van der Waals surface area contributed by atoms with Crippen LogP contribution in [0.15, 0.2) is 28.7 Å². The molecule has 124 valence electrons. The van der Waals surface area contributed by atoms with Crippen LogP contribution in [0.25, 0.3) is 0 Å². The van der Waals surface area contributed by atoms with E-state index < -0.39 is 24.2 Å². The van der Waals surface area contributed by atoms with Gasteiger partial charge in [0.15, 0.2) is 0 Å². The van der Waals surface area contributed by atoms with Crippen molar-refractivity contribution in [2.75, 3.05) is 26.7 Å². The van der Waals surface area contributed by atoms with Crippen LogP contribution in [0.1, 0.15) is 12.5 Å². The lowest BCUT2D eigenvalue weighted by molar-refractivity contribution is -0.142. The normalized spacial score (nSPS) is 14.7. The molecule has 1 amide bonds. The highest BCUT2D eigenvalue weighted by Crippen LogP contribution is 2.20. The van der Waals surface area contributed by atoms with Gasteiger partial charge in [-0.05, 0) is 31.7 Å². The Balaban J connectivity index is 2.52. The third-order valence-electron chi connectivity index (χ3n) is 3.14. The number of amides is 1. The molecule has 0 aliphatic heterocycles. The van der Waals surface area contributed by atoms with Crippen molar-refractivity contribution >= 4 is 21.8 Å². The number of nitrogens with two attached hydrogens (primary N) is 1. The molecule has 4 nitrogen and oxygen atoms in total. The van der Waals surface area contributed by atoms with Crippen molar-refractivity contribution < 1.29 is 18.0 Å². The Hall–Kier alpha value is -1.12. The highest BCUT2D eigenvalue weighted by molar-refractivity contribution is 9.10. The SMILES string of the molecule is CN(CCNC(=O)C(C)(N)c1ccc(Br)cc1)CC(F)(F)F. The maximum Gasteiger partial charge on any atom is 0.401 e. The van der Waals surface area contributed by atoms with Gasteiger partial charge < -0.3 is 11.1 Å². The average molecular weight is 382 g/mol. The minimum Gasteiger partial charge on any atom is -0.353 e. The summed E-state index contributed by atoms with van der Waals surface area (Å²) < 4.78 is 37.4. The zero-order valence-electron chi connectivity index (χ0n) is 12.4. The molecule has 0 saturated heterocycles. The third kappa shape index (κ3) is 5.94. The summed E-state index contributed by atoms with van der Waals surface area (Å²) in [5.74, 6) is -0.435. The first kappa shape index (κ1) is 18.9. The number of benzene rings is 1.